The Kier molecular flexibility index (Phi) is 5.25. The van der Waals surface area contributed by atoms with Crippen LogP contribution in [0.25, 0.3) is 33.6 Å². The van der Waals surface area contributed by atoms with Gasteiger partial charge in [0.15, 0.2) is 10.9 Å². The number of halogens is 1. The maximum absolute atomic E-state index is 13.3. The van der Waals surface area contributed by atoms with E-state index in [1.165, 1.54) is 11.3 Å². The SMILES string of the molecule is Cc1ccc(-c2cc(C(=O)Nc3nc(-c4ccc(Cl)cc4)c(C)s3)c3ccccc3n2)o1. The number of para-hydroxylation sites is 1. The van der Waals surface area contributed by atoms with Gasteiger partial charge in [-0.2, -0.15) is 0 Å². The normalized spacial score (nSPS) is 11.1. The number of fused-ring (bicyclic) bond motifs is 1. The minimum absolute atomic E-state index is 0.246. The number of hydrogen-bond acceptors (Lipinski definition) is 5. The van der Waals surface area contributed by atoms with Crippen LogP contribution in [-0.4, -0.2) is 15.9 Å². The van der Waals surface area contributed by atoms with Crippen LogP contribution in [0.3, 0.4) is 0 Å². The third kappa shape index (κ3) is 3.90. The molecule has 5 nitrogen and oxygen atoms in total. The molecule has 0 aliphatic carbocycles. The minimum Gasteiger partial charge on any atom is -0.460 e. The van der Waals surface area contributed by atoms with Gasteiger partial charge in [-0.25, -0.2) is 9.97 Å². The van der Waals surface area contributed by atoms with Gasteiger partial charge in [0.1, 0.15) is 11.5 Å². The lowest BCUT2D eigenvalue weighted by atomic mass is 10.1. The molecule has 0 radical (unpaired) electrons. The first kappa shape index (κ1) is 20.4. The summed E-state index contributed by atoms with van der Waals surface area (Å²) in [6.07, 6.45) is 0. The number of anilines is 1. The summed E-state index contributed by atoms with van der Waals surface area (Å²) in [7, 11) is 0. The molecule has 0 aliphatic rings. The minimum atomic E-state index is -0.246. The van der Waals surface area contributed by atoms with Gasteiger partial charge in [-0.05, 0) is 50.2 Å². The van der Waals surface area contributed by atoms with Crippen LogP contribution in [0, 0.1) is 13.8 Å². The molecule has 0 fully saturated rings. The number of carbonyl (C=O) groups is 1. The smallest absolute Gasteiger partial charge is 0.258 e. The number of carbonyl (C=O) groups excluding carboxylic acids is 1. The molecule has 1 amide bonds. The van der Waals surface area contributed by atoms with Crippen LogP contribution in [0.2, 0.25) is 5.02 Å². The second-order valence-corrected chi connectivity index (χ2v) is 9.01. The van der Waals surface area contributed by atoms with E-state index in [-0.39, 0.29) is 5.91 Å². The molecule has 32 heavy (non-hydrogen) atoms. The highest BCUT2D eigenvalue weighted by atomic mass is 35.5. The quantitative estimate of drug-likeness (QED) is 0.310. The Morgan fingerprint density at radius 1 is 1.00 bits per heavy atom. The Labute approximate surface area is 193 Å². The summed E-state index contributed by atoms with van der Waals surface area (Å²) in [5, 5.41) is 4.93. The number of nitrogens with one attached hydrogen (secondary N) is 1. The lowest BCUT2D eigenvalue weighted by Gasteiger charge is -2.08. The number of hydrogen-bond donors (Lipinski definition) is 1. The zero-order valence-corrected chi connectivity index (χ0v) is 18.9. The van der Waals surface area contributed by atoms with Gasteiger partial charge in [0, 0.05) is 20.8 Å². The lowest BCUT2D eigenvalue weighted by molar-refractivity contribution is 0.102. The van der Waals surface area contributed by atoms with Crippen LogP contribution in [0.1, 0.15) is 21.0 Å². The average Bonchev–Trinajstić information content (AvgIpc) is 3.38. The average molecular weight is 460 g/mol. The van der Waals surface area contributed by atoms with Crippen molar-refractivity contribution in [1.29, 1.82) is 0 Å². The number of pyridine rings is 1. The zero-order valence-electron chi connectivity index (χ0n) is 17.3. The van der Waals surface area contributed by atoms with Gasteiger partial charge in [-0.15, -0.1) is 11.3 Å². The van der Waals surface area contributed by atoms with Crippen LogP contribution in [-0.2, 0) is 0 Å². The number of furan rings is 1. The van der Waals surface area contributed by atoms with Gasteiger partial charge in [0.2, 0.25) is 0 Å². The molecule has 3 heterocycles. The first-order chi connectivity index (χ1) is 15.5. The highest BCUT2D eigenvalue weighted by Crippen LogP contribution is 2.32. The van der Waals surface area contributed by atoms with Crippen molar-refractivity contribution in [3.63, 3.8) is 0 Å². The molecule has 158 valence electrons. The predicted molar refractivity (Wildman–Crippen MR) is 129 cm³/mol. The molecule has 3 aromatic heterocycles. The number of aryl methyl sites for hydroxylation is 2. The molecule has 1 N–H and O–H groups in total. The van der Waals surface area contributed by atoms with E-state index in [0.717, 1.165) is 32.8 Å². The molecular weight excluding hydrogens is 442 g/mol. The third-order valence-corrected chi connectivity index (χ3v) is 6.23. The predicted octanol–water partition coefficient (Wildman–Crippen LogP) is 7.14. The molecule has 7 heteroatoms. The first-order valence-electron chi connectivity index (χ1n) is 9.99. The lowest BCUT2D eigenvalue weighted by Crippen LogP contribution is -2.13. The molecule has 0 spiro atoms. The largest absolute Gasteiger partial charge is 0.460 e. The van der Waals surface area contributed by atoms with Crippen molar-refractivity contribution >= 4 is 44.9 Å². The zero-order chi connectivity index (χ0) is 22.2. The number of rotatable bonds is 4. The van der Waals surface area contributed by atoms with Crippen molar-refractivity contribution in [2.45, 2.75) is 13.8 Å². The Morgan fingerprint density at radius 3 is 2.53 bits per heavy atom. The number of thiazole rings is 1. The van der Waals surface area contributed by atoms with E-state index in [1.54, 1.807) is 6.07 Å². The summed E-state index contributed by atoms with van der Waals surface area (Å²) in [5.74, 6) is 1.16. The summed E-state index contributed by atoms with van der Waals surface area (Å²) in [5.41, 5.74) is 3.63. The Balaban J connectivity index is 1.51. The van der Waals surface area contributed by atoms with Crippen molar-refractivity contribution in [2.24, 2.45) is 0 Å². The molecule has 5 rings (SSSR count). The summed E-state index contributed by atoms with van der Waals surface area (Å²) in [6, 6.07) is 20.6. The highest BCUT2D eigenvalue weighted by Gasteiger charge is 2.18. The van der Waals surface area contributed by atoms with Crippen molar-refractivity contribution in [1.82, 2.24) is 9.97 Å². The number of nitrogens with zero attached hydrogens (tertiary/aromatic N) is 2. The van der Waals surface area contributed by atoms with Gasteiger partial charge >= 0.3 is 0 Å². The van der Waals surface area contributed by atoms with Crippen LogP contribution >= 0.6 is 22.9 Å². The van der Waals surface area contributed by atoms with E-state index in [0.29, 0.717) is 27.2 Å². The van der Waals surface area contributed by atoms with E-state index >= 15 is 0 Å². The summed E-state index contributed by atoms with van der Waals surface area (Å²) in [6.45, 7) is 3.86. The molecule has 2 aromatic carbocycles. The number of benzene rings is 2. The van der Waals surface area contributed by atoms with Crippen molar-refractivity contribution in [3.05, 3.63) is 88.0 Å². The number of aromatic nitrogens is 2. The summed E-state index contributed by atoms with van der Waals surface area (Å²) in [4.78, 5) is 23.6. The first-order valence-corrected chi connectivity index (χ1v) is 11.2. The maximum atomic E-state index is 13.3. The fourth-order valence-electron chi connectivity index (χ4n) is 3.55. The number of amides is 1. The van der Waals surface area contributed by atoms with E-state index in [4.69, 9.17) is 16.0 Å². The fraction of sp³-hybridized carbons (Fsp3) is 0.0800. The van der Waals surface area contributed by atoms with E-state index in [9.17, 15) is 4.79 Å². The second-order valence-electron chi connectivity index (χ2n) is 7.37. The molecule has 0 saturated carbocycles. The maximum Gasteiger partial charge on any atom is 0.258 e. The topological polar surface area (TPSA) is 68.0 Å². The fourth-order valence-corrected chi connectivity index (χ4v) is 4.51. The van der Waals surface area contributed by atoms with Crippen molar-refractivity contribution in [2.75, 3.05) is 5.32 Å². The highest BCUT2D eigenvalue weighted by molar-refractivity contribution is 7.16. The Hall–Kier alpha value is -3.48. The van der Waals surface area contributed by atoms with Crippen molar-refractivity contribution < 1.29 is 9.21 Å². The van der Waals surface area contributed by atoms with Crippen LogP contribution in [0.5, 0.6) is 0 Å². The summed E-state index contributed by atoms with van der Waals surface area (Å²) < 4.78 is 5.73. The van der Waals surface area contributed by atoms with Crippen LogP contribution in [0.15, 0.2) is 71.1 Å². The van der Waals surface area contributed by atoms with Gasteiger partial charge in [-0.3, -0.25) is 10.1 Å². The van der Waals surface area contributed by atoms with Crippen molar-refractivity contribution in [3.8, 4) is 22.7 Å². The van der Waals surface area contributed by atoms with Crippen LogP contribution < -0.4 is 5.32 Å². The van der Waals surface area contributed by atoms with E-state index in [2.05, 4.69) is 15.3 Å². The van der Waals surface area contributed by atoms with Gasteiger partial charge in [0.05, 0.1) is 16.8 Å². The Bertz CT molecular complexity index is 1450. The molecule has 0 bridgehead atoms. The summed E-state index contributed by atoms with van der Waals surface area (Å²) >= 11 is 7.44. The molecule has 0 unspecified atom stereocenters. The van der Waals surface area contributed by atoms with Gasteiger partial charge in [-0.1, -0.05) is 41.9 Å². The van der Waals surface area contributed by atoms with E-state index < -0.39 is 0 Å². The standard InChI is InChI=1S/C25H18ClN3O2S/c1-14-7-12-22(31-14)21-13-19(18-5-3-4-6-20(18)27-21)24(30)29-25-28-23(15(2)32-25)16-8-10-17(26)11-9-16/h3-13H,1-2H3,(H,28,29,30). The van der Waals surface area contributed by atoms with Crippen LogP contribution in [0.4, 0.5) is 5.13 Å². The molecule has 0 saturated heterocycles. The van der Waals surface area contributed by atoms with E-state index in [1.807, 2.05) is 74.5 Å². The molecule has 0 atom stereocenters. The third-order valence-electron chi connectivity index (χ3n) is 5.09. The molecular formula is C25H18ClN3O2S. The Morgan fingerprint density at radius 2 is 1.78 bits per heavy atom. The van der Waals surface area contributed by atoms with Gasteiger partial charge in [0.25, 0.3) is 5.91 Å². The second kappa shape index (κ2) is 8.22. The molecule has 0 aliphatic heterocycles. The monoisotopic (exact) mass is 459 g/mol. The van der Waals surface area contributed by atoms with Gasteiger partial charge < -0.3 is 4.42 Å². The molecule has 5 aromatic rings.